The lowest BCUT2D eigenvalue weighted by Gasteiger charge is -2.61. The largest absolute Gasteiger partial charge is 0.465 e. The first-order valence-electron chi connectivity index (χ1n) is 10.4. The number of nitriles is 1. The molecule has 6 nitrogen and oxygen atoms in total. The van der Waals surface area contributed by atoms with E-state index in [-0.39, 0.29) is 5.56 Å². The van der Waals surface area contributed by atoms with E-state index in [2.05, 4.69) is 56.1 Å². The van der Waals surface area contributed by atoms with Crippen LogP contribution in [0.25, 0.3) is 0 Å². The Kier molecular flexibility index (Phi) is 6.33. The van der Waals surface area contributed by atoms with Crippen LogP contribution >= 0.6 is 15.9 Å². The molecule has 0 radical (unpaired) electrons. The van der Waals surface area contributed by atoms with Crippen LogP contribution < -0.4 is 4.90 Å². The first-order valence-corrected chi connectivity index (χ1v) is 11.2. The van der Waals surface area contributed by atoms with Gasteiger partial charge in [0.05, 0.1) is 24.3 Å². The molecule has 4 rings (SSSR count). The summed E-state index contributed by atoms with van der Waals surface area (Å²) in [5.41, 5.74) is 3.16. The molecule has 0 bridgehead atoms. The summed E-state index contributed by atoms with van der Waals surface area (Å²) in [7, 11) is 1.30. The van der Waals surface area contributed by atoms with E-state index >= 15 is 0 Å². The average molecular weight is 484 g/mol. The lowest BCUT2D eigenvalue weighted by molar-refractivity contribution is -0.0454. The zero-order valence-corrected chi connectivity index (χ0v) is 19.1. The van der Waals surface area contributed by atoms with Crippen LogP contribution in [-0.2, 0) is 11.2 Å². The van der Waals surface area contributed by atoms with E-state index < -0.39 is 12.1 Å². The number of esters is 1. The Balaban J connectivity index is 1.21. The quantitative estimate of drug-likeness (QED) is 0.609. The lowest BCUT2D eigenvalue weighted by atomic mass is 9.72. The van der Waals surface area contributed by atoms with E-state index in [1.807, 2.05) is 6.07 Å². The molecule has 0 unspecified atom stereocenters. The molecule has 31 heavy (non-hydrogen) atoms. The van der Waals surface area contributed by atoms with Crippen molar-refractivity contribution < 1.29 is 14.6 Å². The molecule has 2 aliphatic rings. The first kappa shape index (κ1) is 21.8. The molecule has 2 saturated heterocycles. The number of nitrogens with zero attached hydrogens (tertiary/aromatic N) is 3. The van der Waals surface area contributed by atoms with Crippen LogP contribution in [0.4, 0.5) is 5.69 Å². The van der Waals surface area contributed by atoms with Gasteiger partial charge in [0.15, 0.2) is 0 Å². The molecule has 0 aromatic heterocycles. The lowest BCUT2D eigenvalue weighted by Crippen LogP contribution is -2.72. The zero-order chi connectivity index (χ0) is 22.0. The highest BCUT2D eigenvalue weighted by atomic mass is 79.9. The summed E-state index contributed by atoms with van der Waals surface area (Å²) < 4.78 is 5.80. The normalized spacial score (nSPS) is 18.1. The summed E-state index contributed by atoms with van der Waals surface area (Å²) in [6.07, 6.45) is 0.871. The van der Waals surface area contributed by atoms with E-state index in [0.717, 1.165) is 36.2 Å². The van der Waals surface area contributed by atoms with Crippen LogP contribution in [0.1, 0.15) is 27.9 Å². The van der Waals surface area contributed by atoms with Crippen LogP contribution in [0.3, 0.4) is 0 Å². The predicted molar refractivity (Wildman–Crippen MR) is 122 cm³/mol. The van der Waals surface area contributed by atoms with E-state index in [1.165, 1.54) is 12.8 Å². The fourth-order valence-electron chi connectivity index (χ4n) is 4.68. The Hall–Kier alpha value is -2.40. The average Bonchev–Trinajstić information content (AvgIpc) is 2.73. The van der Waals surface area contributed by atoms with Crippen molar-refractivity contribution in [3.05, 3.63) is 63.6 Å². The van der Waals surface area contributed by atoms with Gasteiger partial charge in [-0.3, -0.25) is 4.90 Å². The number of methoxy groups -OCH3 is 1. The highest BCUT2D eigenvalue weighted by Gasteiger charge is 2.51. The van der Waals surface area contributed by atoms with Gasteiger partial charge >= 0.3 is 5.97 Å². The summed E-state index contributed by atoms with van der Waals surface area (Å²) in [5, 5.41) is 19.8. The van der Waals surface area contributed by atoms with Crippen molar-refractivity contribution in [3.63, 3.8) is 0 Å². The summed E-state index contributed by atoms with van der Waals surface area (Å²) in [4.78, 5) is 16.4. The molecular formula is C24H26BrN3O3. The summed E-state index contributed by atoms with van der Waals surface area (Å²) in [6, 6.07) is 15.7. The maximum atomic E-state index is 11.7. The third kappa shape index (κ3) is 4.77. The molecule has 1 atom stereocenters. The molecule has 7 heteroatoms. The molecule has 0 saturated carbocycles. The molecule has 2 fully saturated rings. The number of aliphatic hydroxyl groups excluding tert-OH is 1. The monoisotopic (exact) mass is 483 g/mol. The molecule has 0 amide bonds. The fourth-order valence-corrected chi connectivity index (χ4v) is 4.94. The third-order valence-corrected chi connectivity index (χ3v) is 6.74. The van der Waals surface area contributed by atoms with Crippen LogP contribution in [0.15, 0.2) is 46.9 Å². The third-order valence-electron chi connectivity index (χ3n) is 6.21. The van der Waals surface area contributed by atoms with Crippen molar-refractivity contribution in [2.24, 2.45) is 5.41 Å². The Morgan fingerprint density at radius 2 is 1.94 bits per heavy atom. The van der Waals surface area contributed by atoms with Crippen molar-refractivity contribution in [2.75, 3.05) is 44.7 Å². The summed E-state index contributed by atoms with van der Waals surface area (Å²) in [5.74, 6) is -0.510. The van der Waals surface area contributed by atoms with Gasteiger partial charge in [0.1, 0.15) is 6.07 Å². The number of hydrogen-bond acceptors (Lipinski definition) is 6. The Morgan fingerprint density at radius 3 is 2.58 bits per heavy atom. The number of hydrogen-bond donors (Lipinski definition) is 1. The number of halogens is 1. The molecule has 2 heterocycles. The van der Waals surface area contributed by atoms with E-state index in [0.29, 0.717) is 30.4 Å². The number of carbonyl (C=O) groups excluding carboxylic acids is 1. The summed E-state index contributed by atoms with van der Waals surface area (Å²) >= 11 is 3.48. The molecule has 0 aliphatic carbocycles. The van der Waals surface area contributed by atoms with Gasteiger partial charge in [-0.15, -0.1) is 0 Å². The zero-order valence-electron chi connectivity index (χ0n) is 17.6. The Morgan fingerprint density at radius 1 is 1.23 bits per heavy atom. The molecule has 1 spiro atoms. The number of carbonyl (C=O) groups is 1. The second kappa shape index (κ2) is 8.99. The number of aliphatic hydroxyl groups is 1. The number of ether oxygens (including phenoxy) is 1. The number of aryl methyl sites for hydroxylation is 1. The van der Waals surface area contributed by atoms with Gasteiger partial charge in [0, 0.05) is 48.3 Å². The van der Waals surface area contributed by atoms with Crippen molar-refractivity contribution in [1.82, 2.24) is 4.90 Å². The maximum absolute atomic E-state index is 11.7. The number of β-amino-alcohol motifs (C(OH)–C–C–N with tert-alkyl or cyclic N) is 1. The number of anilines is 1. The smallest absolute Gasteiger partial charge is 0.339 e. The highest BCUT2D eigenvalue weighted by Crippen LogP contribution is 2.42. The molecular weight excluding hydrogens is 458 g/mol. The topological polar surface area (TPSA) is 76.8 Å². The van der Waals surface area contributed by atoms with E-state index in [4.69, 9.17) is 4.74 Å². The maximum Gasteiger partial charge on any atom is 0.339 e. The number of benzene rings is 2. The number of rotatable bonds is 7. The van der Waals surface area contributed by atoms with Gasteiger partial charge < -0.3 is 14.7 Å². The minimum absolute atomic E-state index is 0.276. The molecule has 1 N–H and O–H groups in total. The van der Waals surface area contributed by atoms with E-state index in [1.54, 1.807) is 12.1 Å². The highest BCUT2D eigenvalue weighted by molar-refractivity contribution is 9.10. The Bertz CT molecular complexity index is 988. The molecule has 2 aliphatic heterocycles. The van der Waals surface area contributed by atoms with Crippen LogP contribution in [0, 0.1) is 16.7 Å². The molecule has 2 aromatic rings. The van der Waals surface area contributed by atoms with Gasteiger partial charge in [0.2, 0.25) is 0 Å². The first-order chi connectivity index (χ1) is 14.9. The van der Waals surface area contributed by atoms with Crippen molar-refractivity contribution in [2.45, 2.75) is 18.9 Å². The van der Waals surface area contributed by atoms with Gasteiger partial charge in [0.25, 0.3) is 0 Å². The second-order valence-electron chi connectivity index (χ2n) is 8.68. The van der Waals surface area contributed by atoms with Crippen molar-refractivity contribution >= 4 is 27.6 Å². The van der Waals surface area contributed by atoms with Gasteiger partial charge in [-0.2, -0.15) is 5.26 Å². The standard InChI is InChI=1S/C24H26BrN3O3/c1-31-23(30)22-9-3-17(10-18(22)11-26)2-8-21(29)12-27-13-24(14-27)15-28(16-24)20-6-4-19(25)5-7-20/h3-7,9-10,21,29H,2,8,12-16H2,1H3/t21-/m0/s1. The molecule has 162 valence electrons. The van der Waals surface area contributed by atoms with Crippen molar-refractivity contribution in [3.8, 4) is 6.07 Å². The SMILES string of the molecule is COC(=O)c1ccc(CC[C@H](O)CN2CC3(C2)CN(c2ccc(Br)cc2)C3)cc1C#N. The minimum Gasteiger partial charge on any atom is -0.465 e. The molecule has 2 aromatic carbocycles. The van der Waals surface area contributed by atoms with Gasteiger partial charge in [-0.25, -0.2) is 4.79 Å². The predicted octanol–water partition coefficient (Wildman–Crippen LogP) is 3.22. The number of likely N-dealkylation sites (tertiary alicyclic amines) is 1. The Labute approximate surface area is 191 Å². The van der Waals surface area contributed by atoms with Gasteiger partial charge in [-0.1, -0.05) is 22.0 Å². The minimum atomic E-state index is -0.510. The van der Waals surface area contributed by atoms with Crippen LogP contribution in [0.2, 0.25) is 0 Å². The van der Waals surface area contributed by atoms with Crippen LogP contribution in [-0.4, -0.2) is 61.9 Å². The van der Waals surface area contributed by atoms with Gasteiger partial charge in [-0.05, 0) is 54.8 Å². The summed E-state index contributed by atoms with van der Waals surface area (Å²) in [6.45, 7) is 4.88. The van der Waals surface area contributed by atoms with E-state index in [9.17, 15) is 15.2 Å². The van der Waals surface area contributed by atoms with Crippen molar-refractivity contribution in [1.29, 1.82) is 5.26 Å². The second-order valence-corrected chi connectivity index (χ2v) is 9.59. The fraction of sp³-hybridized carbons (Fsp3) is 0.417. The van der Waals surface area contributed by atoms with Crippen LogP contribution in [0.5, 0.6) is 0 Å².